The molecule has 2 atom stereocenters. The summed E-state index contributed by atoms with van der Waals surface area (Å²) in [5, 5.41) is 0. The molecular formula is C20H23N3O. The summed E-state index contributed by atoms with van der Waals surface area (Å²) in [5.41, 5.74) is 5.63. The molecule has 2 aromatic heterocycles. The van der Waals surface area contributed by atoms with Crippen LogP contribution in [0.1, 0.15) is 74.5 Å². The van der Waals surface area contributed by atoms with Crippen LogP contribution in [0, 0.1) is 0 Å². The van der Waals surface area contributed by atoms with Gasteiger partial charge in [-0.25, -0.2) is 0 Å². The van der Waals surface area contributed by atoms with E-state index in [1.807, 2.05) is 0 Å². The van der Waals surface area contributed by atoms with Crippen molar-refractivity contribution in [1.29, 1.82) is 0 Å². The van der Waals surface area contributed by atoms with E-state index in [4.69, 9.17) is 4.98 Å². The molecule has 2 aromatic rings. The van der Waals surface area contributed by atoms with Crippen LogP contribution >= 0.6 is 0 Å². The summed E-state index contributed by atoms with van der Waals surface area (Å²) in [4.78, 5) is 22.1. The third-order valence-electron chi connectivity index (χ3n) is 6.04. The zero-order valence-electron chi connectivity index (χ0n) is 14.6. The predicted molar refractivity (Wildman–Crippen MR) is 93.5 cm³/mol. The molecule has 2 unspecified atom stereocenters. The van der Waals surface area contributed by atoms with Crippen LogP contribution in [-0.2, 0) is 18.4 Å². The molecule has 0 radical (unpaired) electrons. The van der Waals surface area contributed by atoms with Crippen molar-refractivity contribution >= 4 is 0 Å². The largest absolute Gasteiger partial charge is 0.328 e. The summed E-state index contributed by atoms with van der Waals surface area (Å²) in [6.45, 7) is 7.46. The van der Waals surface area contributed by atoms with Gasteiger partial charge in [0, 0.05) is 46.8 Å². The zero-order valence-corrected chi connectivity index (χ0v) is 14.6. The van der Waals surface area contributed by atoms with Crippen LogP contribution < -0.4 is 5.56 Å². The maximum atomic E-state index is 12.7. The Balaban J connectivity index is 1.72. The minimum atomic E-state index is 0.0104. The van der Waals surface area contributed by atoms with E-state index >= 15 is 0 Å². The molecule has 1 aliphatic heterocycles. The van der Waals surface area contributed by atoms with Crippen molar-refractivity contribution in [2.75, 3.05) is 0 Å². The van der Waals surface area contributed by atoms with Crippen LogP contribution in [0.25, 0.3) is 11.4 Å². The summed E-state index contributed by atoms with van der Waals surface area (Å²) in [5.74, 6) is 1.88. The molecule has 3 aliphatic rings. The number of hydrogen-bond donors (Lipinski definition) is 0. The van der Waals surface area contributed by atoms with Gasteiger partial charge < -0.3 is 4.57 Å². The van der Waals surface area contributed by atoms with E-state index in [0.717, 1.165) is 47.7 Å². The number of hydrogen-bond acceptors (Lipinski definition) is 3. The first-order valence-electron chi connectivity index (χ1n) is 9.09. The fraction of sp³-hybridized carbons (Fsp3) is 0.550. The van der Waals surface area contributed by atoms with Gasteiger partial charge in [0.15, 0.2) is 0 Å². The molecule has 0 amide bonds. The van der Waals surface area contributed by atoms with Crippen molar-refractivity contribution in [3.05, 3.63) is 45.1 Å². The Morgan fingerprint density at radius 1 is 1.12 bits per heavy atom. The molecule has 0 spiro atoms. The SMILES string of the molecule is CC(C)(C)c1ccc2c(n1)CCn1c-2nc(=O)c2c1C1CCC2C1. The van der Waals surface area contributed by atoms with Gasteiger partial charge in [-0.15, -0.1) is 0 Å². The number of nitrogens with zero attached hydrogens (tertiary/aromatic N) is 3. The van der Waals surface area contributed by atoms with Gasteiger partial charge >= 0.3 is 0 Å². The summed E-state index contributed by atoms with van der Waals surface area (Å²) in [7, 11) is 0. The second-order valence-corrected chi connectivity index (χ2v) is 8.59. The van der Waals surface area contributed by atoms with Gasteiger partial charge in [0.1, 0.15) is 5.82 Å². The van der Waals surface area contributed by atoms with E-state index in [1.54, 1.807) is 0 Å². The van der Waals surface area contributed by atoms with Crippen molar-refractivity contribution in [2.45, 2.75) is 70.3 Å². The van der Waals surface area contributed by atoms with Crippen LogP contribution in [0.3, 0.4) is 0 Å². The Kier molecular flexibility index (Phi) is 2.73. The molecule has 4 heteroatoms. The van der Waals surface area contributed by atoms with E-state index in [1.165, 1.54) is 18.5 Å². The van der Waals surface area contributed by atoms with Gasteiger partial charge in [0.05, 0.1) is 5.69 Å². The Hall–Kier alpha value is -1.97. The van der Waals surface area contributed by atoms with E-state index in [2.05, 4.69) is 42.5 Å². The summed E-state index contributed by atoms with van der Waals surface area (Å²) >= 11 is 0. The van der Waals surface area contributed by atoms with E-state index in [-0.39, 0.29) is 11.0 Å². The highest BCUT2D eigenvalue weighted by atomic mass is 16.1. The predicted octanol–water partition coefficient (Wildman–Crippen LogP) is 3.52. The number of pyridine rings is 1. The lowest BCUT2D eigenvalue weighted by Crippen LogP contribution is -2.29. The van der Waals surface area contributed by atoms with Gasteiger partial charge in [-0.2, -0.15) is 4.98 Å². The molecule has 0 saturated heterocycles. The normalized spacial score (nSPS) is 23.8. The highest BCUT2D eigenvalue weighted by Gasteiger charge is 2.42. The van der Waals surface area contributed by atoms with E-state index in [0.29, 0.717) is 11.8 Å². The average molecular weight is 321 g/mol. The quantitative estimate of drug-likeness (QED) is 0.746. The first-order valence-corrected chi connectivity index (χ1v) is 9.09. The van der Waals surface area contributed by atoms with Crippen LogP contribution in [0.4, 0.5) is 0 Å². The second-order valence-electron chi connectivity index (χ2n) is 8.59. The van der Waals surface area contributed by atoms with Gasteiger partial charge in [-0.05, 0) is 37.3 Å². The molecule has 0 aromatic carbocycles. The Bertz CT molecular complexity index is 920. The Morgan fingerprint density at radius 3 is 2.71 bits per heavy atom. The van der Waals surface area contributed by atoms with Gasteiger partial charge in [-0.3, -0.25) is 9.78 Å². The molecule has 2 aliphatic carbocycles. The standard InChI is InChI=1S/C20H23N3O/c1-20(2,3)15-7-6-13-14(21-15)8-9-23-17-12-5-4-11(10-12)16(17)19(24)22-18(13)23/h6-7,11-12H,4-5,8-10H2,1-3H3. The van der Waals surface area contributed by atoms with Crippen LogP contribution in [0.2, 0.25) is 0 Å². The number of aryl methyl sites for hydroxylation is 1. The fourth-order valence-electron chi connectivity index (χ4n) is 4.86. The first kappa shape index (κ1) is 14.4. The van der Waals surface area contributed by atoms with Crippen molar-refractivity contribution < 1.29 is 0 Å². The molecule has 24 heavy (non-hydrogen) atoms. The maximum absolute atomic E-state index is 12.7. The number of aromatic nitrogens is 3. The molecule has 5 rings (SSSR count). The topological polar surface area (TPSA) is 47.8 Å². The minimum absolute atomic E-state index is 0.0104. The highest BCUT2D eigenvalue weighted by Crippen LogP contribution is 2.52. The molecule has 4 nitrogen and oxygen atoms in total. The maximum Gasteiger partial charge on any atom is 0.276 e. The lowest BCUT2D eigenvalue weighted by Gasteiger charge is -2.28. The van der Waals surface area contributed by atoms with E-state index < -0.39 is 0 Å². The van der Waals surface area contributed by atoms with Gasteiger partial charge in [-0.1, -0.05) is 20.8 Å². The third-order valence-corrected chi connectivity index (χ3v) is 6.04. The Labute approximate surface area is 142 Å². The van der Waals surface area contributed by atoms with Gasteiger partial charge in [0.25, 0.3) is 5.56 Å². The zero-order chi connectivity index (χ0) is 16.6. The van der Waals surface area contributed by atoms with Crippen molar-refractivity contribution in [3.63, 3.8) is 0 Å². The summed E-state index contributed by atoms with van der Waals surface area (Å²) in [6.07, 6.45) is 4.49. The number of fused-ring (bicyclic) bond motifs is 9. The molecule has 1 fully saturated rings. The smallest absolute Gasteiger partial charge is 0.276 e. The van der Waals surface area contributed by atoms with Crippen LogP contribution in [0.5, 0.6) is 0 Å². The average Bonchev–Trinajstić information content (AvgIpc) is 3.15. The molecule has 2 bridgehead atoms. The fourth-order valence-corrected chi connectivity index (χ4v) is 4.86. The second kappa shape index (κ2) is 4.56. The minimum Gasteiger partial charge on any atom is -0.328 e. The Morgan fingerprint density at radius 2 is 1.92 bits per heavy atom. The lowest BCUT2D eigenvalue weighted by atomic mass is 9.90. The monoisotopic (exact) mass is 321 g/mol. The van der Waals surface area contributed by atoms with Gasteiger partial charge in [0.2, 0.25) is 0 Å². The molecule has 1 saturated carbocycles. The third kappa shape index (κ3) is 1.83. The van der Waals surface area contributed by atoms with Crippen molar-refractivity contribution in [3.8, 4) is 11.4 Å². The van der Waals surface area contributed by atoms with Crippen molar-refractivity contribution in [1.82, 2.24) is 14.5 Å². The van der Waals surface area contributed by atoms with Crippen LogP contribution in [0.15, 0.2) is 16.9 Å². The van der Waals surface area contributed by atoms with Crippen LogP contribution in [-0.4, -0.2) is 14.5 Å². The van der Waals surface area contributed by atoms with Crippen molar-refractivity contribution in [2.24, 2.45) is 0 Å². The van der Waals surface area contributed by atoms with E-state index in [9.17, 15) is 4.79 Å². The first-order chi connectivity index (χ1) is 11.4. The molecular weight excluding hydrogens is 298 g/mol. The highest BCUT2D eigenvalue weighted by molar-refractivity contribution is 5.62. The molecule has 3 heterocycles. The number of rotatable bonds is 0. The summed E-state index contributed by atoms with van der Waals surface area (Å²) in [6, 6.07) is 4.22. The lowest BCUT2D eigenvalue weighted by molar-refractivity contribution is 0.547. The summed E-state index contributed by atoms with van der Waals surface area (Å²) < 4.78 is 2.33. The molecule has 124 valence electrons. The molecule has 0 N–H and O–H groups in total.